The van der Waals surface area contributed by atoms with E-state index in [1.807, 2.05) is 6.92 Å². The molecular formula is C20H29NO. The number of allylic oxidation sites excluding steroid dienone is 3. The summed E-state index contributed by atoms with van der Waals surface area (Å²) in [5, 5.41) is 9.16. The highest BCUT2D eigenvalue weighted by Gasteiger charge is 2.31. The summed E-state index contributed by atoms with van der Waals surface area (Å²) >= 11 is 0. The van der Waals surface area contributed by atoms with Gasteiger partial charge in [-0.15, -0.1) is 0 Å². The van der Waals surface area contributed by atoms with Crippen LogP contribution in [-0.4, -0.2) is 6.61 Å². The topological polar surface area (TPSA) is 33.0 Å². The summed E-state index contributed by atoms with van der Waals surface area (Å²) in [6, 6.07) is 2.25. The number of ether oxygens (including phenoxy) is 1. The van der Waals surface area contributed by atoms with Gasteiger partial charge in [0.05, 0.1) is 12.7 Å². The fraction of sp³-hybridized carbons (Fsp3) is 0.550. The molecule has 3 atom stereocenters. The first-order valence-corrected chi connectivity index (χ1v) is 8.11. The third kappa shape index (κ3) is 5.22. The van der Waals surface area contributed by atoms with E-state index in [-0.39, 0.29) is 5.92 Å². The SMILES string of the molecule is C=C(C)C(=C)OCCCC(=C)C1CC(C)CCC1C(=C)C#N. The van der Waals surface area contributed by atoms with Crippen molar-refractivity contribution in [2.24, 2.45) is 17.8 Å². The fourth-order valence-electron chi connectivity index (χ4n) is 3.14. The Morgan fingerprint density at radius 2 is 1.86 bits per heavy atom. The van der Waals surface area contributed by atoms with Gasteiger partial charge in [-0.1, -0.05) is 45.2 Å². The van der Waals surface area contributed by atoms with Gasteiger partial charge in [0, 0.05) is 5.57 Å². The summed E-state index contributed by atoms with van der Waals surface area (Å²) in [5.74, 6) is 2.02. The first-order chi connectivity index (χ1) is 10.4. The maximum absolute atomic E-state index is 9.16. The predicted octanol–water partition coefficient (Wildman–Crippen LogP) is 5.56. The minimum atomic E-state index is 0.278. The van der Waals surface area contributed by atoms with Gasteiger partial charge in [-0.05, 0) is 55.9 Å². The van der Waals surface area contributed by atoms with Crippen LogP contribution in [-0.2, 0) is 4.74 Å². The molecule has 1 fully saturated rings. The van der Waals surface area contributed by atoms with Crippen molar-refractivity contribution in [3.05, 3.63) is 48.8 Å². The third-order valence-corrected chi connectivity index (χ3v) is 4.62. The highest BCUT2D eigenvalue weighted by molar-refractivity contribution is 5.24. The van der Waals surface area contributed by atoms with Crippen molar-refractivity contribution in [1.82, 2.24) is 0 Å². The van der Waals surface area contributed by atoms with Gasteiger partial charge in [0.2, 0.25) is 0 Å². The number of nitrogens with zero attached hydrogens (tertiary/aromatic N) is 1. The summed E-state index contributed by atoms with van der Waals surface area (Å²) < 4.78 is 5.55. The van der Waals surface area contributed by atoms with Crippen LogP contribution < -0.4 is 0 Å². The number of rotatable bonds is 8. The van der Waals surface area contributed by atoms with Gasteiger partial charge in [-0.2, -0.15) is 5.26 Å². The Bertz CT molecular complexity index is 494. The Morgan fingerprint density at radius 3 is 2.45 bits per heavy atom. The minimum Gasteiger partial charge on any atom is -0.494 e. The summed E-state index contributed by atoms with van der Waals surface area (Å²) in [6.07, 6.45) is 5.19. The Hall–Kier alpha value is -1.75. The van der Waals surface area contributed by atoms with Crippen molar-refractivity contribution >= 4 is 0 Å². The highest BCUT2D eigenvalue weighted by atomic mass is 16.5. The largest absolute Gasteiger partial charge is 0.494 e. The summed E-state index contributed by atoms with van der Waals surface area (Å²) in [7, 11) is 0. The van der Waals surface area contributed by atoms with Crippen LogP contribution in [0.5, 0.6) is 0 Å². The van der Waals surface area contributed by atoms with Crippen LogP contribution in [0.1, 0.15) is 46.0 Å². The number of hydrogen-bond donors (Lipinski definition) is 0. The Morgan fingerprint density at radius 1 is 1.18 bits per heavy atom. The Labute approximate surface area is 135 Å². The lowest BCUT2D eigenvalue weighted by Crippen LogP contribution is -2.26. The average molecular weight is 299 g/mol. The molecule has 1 aliphatic rings. The molecule has 1 saturated carbocycles. The molecule has 22 heavy (non-hydrogen) atoms. The smallest absolute Gasteiger partial charge is 0.114 e. The van der Waals surface area contributed by atoms with Crippen LogP contribution in [0.15, 0.2) is 48.8 Å². The monoisotopic (exact) mass is 299 g/mol. The zero-order valence-corrected chi connectivity index (χ0v) is 14.2. The van der Waals surface area contributed by atoms with Crippen molar-refractivity contribution in [1.29, 1.82) is 5.26 Å². The molecule has 0 aromatic rings. The second-order valence-electron chi connectivity index (χ2n) is 6.58. The molecule has 0 amide bonds. The molecule has 0 bridgehead atoms. The quantitative estimate of drug-likeness (QED) is 0.193. The molecule has 120 valence electrons. The van der Waals surface area contributed by atoms with E-state index >= 15 is 0 Å². The van der Waals surface area contributed by atoms with Crippen LogP contribution >= 0.6 is 0 Å². The van der Waals surface area contributed by atoms with E-state index in [2.05, 4.69) is 39.3 Å². The summed E-state index contributed by atoms with van der Waals surface area (Å²) in [4.78, 5) is 0. The minimum absolute atomic E-state index is 0.278. The van der Waals surface area contributed by atoms with Gasteiger partial charge in [0.1, 0.15) is 5.76 Å². The van der Waals surface area contributed by atoms with E-state index in [0.717, 1.165) is 31.3 Å². The maximum Gasteiger partial charge on any atom is 0.114 e. The van der Waals surface area contributed by atoms with Crippen molar-refractivity contribution in [2.45, 2.75) is 46.0 Å². The molecule has 0 heterocycles. The highest BCUT2D eigenvalue weighted by Crippen LogP contribution is 2.41. The molecule has 0 aliphatic heterocycles. The van der Waals surface area contributed by atoms with Crippen LogP contribution in [0.2, 0.25) is 0 Å². The number of nitriles is 1. The predicted molar refractivity (Wildman–Crippen MR) is 93.0 cm³/mol. The van der Waals surface area contributed by atoms with E-state index in [9.17, 15) is 0 Å². The molecule has 3 unspecified atom stereocenters. The molecule has 2 heteroatoms. The van der Waals surface area contributed by atoms with Crippen LogP contribution in [0.4, 0.5) is 0 Å². The van der Waals surface area contributed by atoms with Gasteiger partial charge >= 0.3 is 0 Å². The average Bonchev–Trinajstić information content (AvgIpc) is 2.50. The maximum atomic E-state index is 9.16. The van der Waals surface area contributed by atoms with Crippen molar-refractivity contribution < 1.29 is 4.74 Å². The number of hydrogen-bond acceptors (Lipinski definition) is 2. The van der Waals surface area contributed by atoms with Crippen molar-refractivity contribution in [3.63, 3.8) is 0 Å². The van der Waals surface area contributed by atoms with E-state index in [4.69, 9.17) is 10.00 Å². The van der Waals surface area contributed by atoms with Gasteiger partial charge in [-0.25, -0.2) is 0 Å². The lowest BCUT2D eigenvalue weighted by Gasteiger charge is -2.36. The van der Waals surface area contributed by atoms with E-state index in [1.165, 1.54) is 12.0 Å². The first kappa shape index (κ1) is 18.3. The van der Waals surface area contributed by atoms with Gasteiger partial charge in [0.15, 0.2) is 0 Å². The van der Waals surface area contributed by atoms with Gasteiger partial charge < -0.3 is 4.74 Å². The van der Waals surface area contributed by atoms with Crippen molar-refractivity contribution in [2.75, 3.05) is 6.61 Å². The summed E-state index contributed by atoms with van der Waals surface area (Å²) in [6.45, 7) is 20.7. The van der Waals surface area contributed by atoms with E-state index in [1.54, 1.807) is 0 Å². The van der Waals surface area contributed by atoms with Crippen LogP contribution in [0, 0.1) is 29.1 Å². The molecule has 0 radical (unpaired) electrons. The molecule has 0 aromatic heterocycles. The second-order valence-corrected chi connectivity index (χ2v) is 6.58. The normalized spacial score (nSPS) is 24.1. The molecule has 1 aliphatic carbocycles. The molecule has 2 nitrogen and oxygen atoms in total. The Kier molecular flexibility index (Phi) is 7.18. The molecular weight excluding hydrogens is 270 g/mol. The fourth-order valence-corrected chi connectivity index (χ4v) is 3.14. The second kappa shape index (κ2) is 8.63. The molecule has 0 spiro atoms. The van der Waals surface area contributed by atoms with Gasteiger partial charge in [-0.3, -0.25) is 0 Å². The lowest BCUT2D eigenvalue weighted by atomic mass is 9.68. The molecule has 0 saturated heterocycles. The van der Waals surface area contributed by atoms with Crippen LogP contribution in [0.3, 0.4) is 0 Å². The Balaban J connectivity index is 2.50. The molecule has 0 N–H and O–H groups in total. The zero-order valence-electron chi connectivity index (χ0n) is 14.2. The van der Waals surface area contributed by atoms with Crippen molar-refractivity contribution in [3.8, 4) is 6.07 Å². The first-order valence-electron chi connectivity index (χ1n) is 8.11. The zero-order chi connectivity index (χ0) is 16.7. The molecule has 0 aromatic carbocycles. The van der Waals surface area contributed by atoms with E-state index < -0.39 is 0 Å². The van der Waals surface area contributed by atoms with Gasteiger partial charge in [0.25, 0.3) is 0 Å². The van der Waals surface area contributed by atoms with E-state index in [0.29, 0.717) is 29.8 Å². The standard InChI is InChI=1S/C20H29NO/c1-14(2)18(6)22-11-7-8-16(4)20-12-15(3)9-10-19(20)17(5)13-21/h15,19-20H,1,4-12H2,2-3H3. The molecule has 1 rings (SSSR count). The third-order valence-electron chi connectivity index (χ3n) is 4.62. The summed E-state index contributed by atoms with van der Waals surface area (Å²) in [5.41, 5.74) is 2.81. The lowest BCUT2D eigenvalue weighted by molar-refractivity contribution is 0.210. The van der Waals surface area contributed by atoms with Crippen LogP contribution in [0.25, 0.3) is 0 Å².